The Bertz CT molecular complexity index is 1290. The summed E-state index contributed by atoms with van der Waals surface area (Å²) in [6, 6.07) is 10.9. The lowest BCUT2D eigenvalue weighted by molar-refractivity contribution is -0.121. The molecule has 45 heavy (non-hydrogen) atoms. The first-order valence-corrected chi connectivity index (χ1v) is 14.8. The van der Waals surface area contributed by atoms with E-state index in [1.54, 1.807) is 65.8 Å². The molecule has 0 saturated heterocycles. The number of carbonyl (C=O) groups excluding carboxylic acids is 4. The van der Waals surface area contributed by atoms with Crippen LogP contribution in [-0.2, 0) is 19.1 Å². The second kappa shape index (κ2) is 17.0. The van der Waals surface area contributed by atoms with Crippen LogP contribution < -0.4 is 20.1 Å². The van der Waals surface area contributed by atoms with E-state index in [-0.39, 0.29) is 31.2 Å². The maximum atomic E-state index is 12.4. The largest absolute Gasteiger partial charge is 0.491 e. The zero-order valence-electron chi connectivity index (χ0n) is 27.6. The minimum absolute atomic E-state index is 0.247. The molecule has 0 radical (unpaired) electrons. The number of allylic oxidation sites excluding steroid dienone is 2. The minimum Gasteiger partial charge on any atom is -0.491 e. The van der Waals surface area contributed by atoms with E-state index in [0.29, 0.717) is 24.6 Å². The van der Waals surface area contributed by atoms with Crippen LogP contribution >= 0.6 is 0 Å². The number of ketones is 2. The van der Waals surface area contributed by atoms with Crippen molar-refractivity contribution in [2.24, 2.45) is 0 Å². The maximum absolute atomic E-state index is 12.4. The molecule has 0 unspecified atom stereocenters. The quantitative estimate of drug-likeness (QED) is 0.141. The maximum Gasteiger partial charge on any atom is 0.407 e. The summed E-state index contributed by atoms with van der Waals surface area (Å²) in [6.45, 7) is 15.7. The van der Waals surface area contributed by atoms with Crippen LogP contribution in [0.15, 0.2) is 48.6 Å². The predicted octanol–water partition coefficient (Wildman–Crippen LogP) is 6.37. The normalized spacial score (nSPS) is 11.7. The van der Waals surface area contributed by atoms with Gasteiger partial charge in [0.2, 0.25) is 0 Å². The molecule has 0 saturated carbocycles. The molecule has 0 aliphatic heterocycles. The van der Waals surface area contributed by atoms with Gasteiger partial charge in [-0.3, -0.25) is 9.59 Å². The zero-order valence-corrected chi connectivity index (χ0v) is 27.6. The predicted molar refractivity (Wildman–Crippen MR) is 175 cm³/mol. The number of hydrogen-bond acceptors (Lipinski definition) is 8. The molecule has 0 aliphatic rings. The van der Waals surface area contributed by atoms with Crippen molar-refractivity contribution in [3.8, 4) is 11.5 Å². The number of rotatable bonds is 14. The van der Waals surface area contributed by atoms with Crippen LogP contribution in [0.5, 0.6) is 11.5 Å². The number of ether oxygens (including phenoxy) is 4. The van der Waals surface area contributed by atoms with Crippen LogP contribution in [0.25, 0.3) is 12.2 Å². The Labute approximate surface area is 266 Å². The third-order valence-electron chi connectivity index (χ3n) is 5.73. The summed E-state index contributed by atoms with van der Waals surface area (Å²) in [5, 5.41) is 5.28. The Morgan fingerprint density at radius 3 is 1.36 bits per heavy atom. The van der Waals surface area contributed by atoms with Gasteiger partial charge in [-0.15, -0.1) is 0 Å². The Morgan fingerprint density at radius 1 is 0.644 bits per heavy atom. The van der Waals surface area contributed by atoms with E-state index in [4.69, 9.17) is 18.9 Å². The molecule has 0 spiro atoms. The van der Waals surface area contributed by atoms with E-state index in [1.807, 2.05) is 38.1 Å². The highest BCUT2D eigenvalue weighted by Crippen LogP contribution is 2.21. The molecule has 10 nitrogen and oxygen atoms in total. The number of nitrogens with one attached hydrogen (secondary N) is 2. The summed E-state index contributed by atoms with van der Waals surface area (Å²) in [4.78, 5) is 48.2. The summed E-state index contributed by atoms with van der Waals surface area (Å²) in [6.07, 6.45) is 4.85. The van der Waals surface area contributed by atoms with Crippen LogP contribution in [0, 0.1) is 13.8 Å². The van der Waals surface area contributed by atoms with Crippen molar-refractivity contribution in [1.82, 2.24) is 10.6 Å². The standard InChI is InChI=1S/C35H46N2O8/c1-24-21-26(11-15-30(24)42-19-17-36-32(40)44-34(3,4)5)9-13-28(38)23-29(39)14-10-27-12-16-31(25(2)22-27)43-20-18-37-33(41)45-35(6,7)8/h9-16,21-22H,17-20,23H2,1-8H3,(H,36,40)(H,37,41). The molecular weight excluding hydrogens is 576 g/mol. The van der Waals surface area contributed by atoms with E-state index >= 15 is 0 Å². The van der Waals surface area contributed by atoms with E-state index in [1.165, 1.54) is 12.2 Å². The fraction of sp³-hybridized carbons (Fsp3) is 0.429. The molecule has 2 rings (SSSR count). The minimum atomic E-state index is -0.564. The molecule has 0 aromatic heterocycles. The van der Waals surface area contributed by atoms with E-state index in [2.05, 4.69) is 10.6 Å². The highest BCUT2D eigenvalue weighted by molar-refractivity contribution is 6.10. The summed E-state index contributed by atoms with van der Waals surface area (Å²) >= 11 is 0. The number of alkyl carbamates (subject to hydrolysis) is 2. The summed E-state index contributed by atoms with van der Waals surface area (Å²) in [5.41, 5.74) is 2.19. The molecule has 244 valence electrons. The molecule has 2 aromatic carbocycles. The number of aryl methyl sites for hydroxylation is 2. The van der Waals surface area contributed by atoms with Gasteiger partial charge in [-0.05, 0) is 114 Å². The lowest BCUT2D eigenvalue weighted by atomic mass is 10.1. The third kappa shape index (κ3) is 15.6. The molecule has 0 atom stereocenters. The Kier molecular flexibility index (Phi) is 13.9. The first-order chi connectivity index (χ1) is 21.0. The number of carbonyl (C=O) groups is 4. The smallest absolute Gasteiger partial charge is 0.407 e. The Balaban J connectivity index is 1.77. The zero-order chi connectivity index (χ0) is 33.6. The van der Waals surface area contributed by atoms with Crippen LogP contribution in [-0.4, -0.2) is 61.3 Å². The average molecular weight is 623 g/mol. The SMILES string of the molecule is Cc1cc(C=CC(=O)CC(=O)C=Cc2ccc(OCCNC(=O)OC(C)(C)C)c(C)c2)ccc1OCCNC(=O)OC(C)(C)C. The fourth-order valence-electron chi connectivity index (χ4n) is 3.80. The third-order valence-corrected chi connectivity index (χ3v) is 5.73. The van der Waals surface area contributed by atoms with Crippen molar-refractivity contribution in [2.45, 2.75) is 73.0 Å². The van der Waals surface area contributed by atoms with Gasteiger partial charge in [0.1, 0.15) is 35.9 Å². The lowest BCUT2D eigenvalue weighted by Crippen LogP contribution is -2.34. The Morgan fingerprint density at radius 2 is 1.02 bits per heavy atom. The molecule has 2 aromatic rings. The number of benzene rings is 2. The van der Waals surface area contributed by atoms with Gasteiger partial charge in [-0.2, -0.15) is 0 Å². The molecule has 0 heterocycles. The molecule has 2 amide bonds. The van der Waals surface area contributed by atoms with Crippen LogP contribution in [0.3, 0.4) is 0 Å². The Hall–Kier alpha value is -4.60. The molecule has 0 bridgehead atoms. The van der Waals surface area contributed by atoms with Crippen LogP contribution in [0.1, 0.15) is 70.2 Å². The summed E-state index contributed by atoms with van der Waals surface area (Å²) in [7, 11) is 0. The van der Waals surface area contributed by atoms with E-state index < -0.39 is 23.4 Å². The van der Waals surface area contributed by atoms with Gasteiger partial charge in [-0.25, -0.2) is 9.59 Å². The van der Waals surface area contributed by atoms with Crippen molar-refractivity contribution in [2.75, 3.05) is 26.3 Å². The van der Waals surface area contributed by atoms with E-state index in [0.717, 1.165) is 22.3 Å². The number of hydrogen-bond donors (Lipinski definition) is 2. The monoisotopic (exact) mass is 622 g/mol. The first kappa shape index (κ1) is 36.6. The van der Waals surface area contributed by atoms with Crippen LogP contribution in [0.2, 0.25) is 0 Å². The van der Waals surface area contributed by atoms with Crippen molar-refractivity contribution in [3.63, 3.8) is 0 Å². The van der Waals surface area contributed by atoms with Gasteiger partial charge in [0.15, 0.2) is 11.6 Å². The number of amides is 2. The van der Waals surface area contributed by atoms with Gasteiger partial charge < -0.3 is 29.6 Å². The first-order valence-electron chi connectivity index (χ1n) is 14.8. The van der Waals surface area contributed by atoms with Gasteiger partial charge in [0, 0.05) is 0 Å². The second-order valence-electron chi connectivity index (χ2n) is 12.4. The van der Waals surface area contributed by atoms with Crippen molar-refractivity contribution in [1.29, 1.82) is 0 Å². The fourth-order valence-corrected chi connectivity index (χ4v) is 3.80. The molecule has 10 heteroatoms. The van der Waals surface area contributed by atoms with Gasteiger partial charge >= 0.3 is 12.2 Å². The highest BCUT2D eigenvalue weighted by atomic mass is 16.6. The van der Waals surface area contributed by atoms with Gasteiger partial charge in [-0.1, -0.05) is 24.3 Å². The highest BCUT2D eigenvalue weighted by Gasteiger charge is 2.16. The van der Waals surface area contributed by atoms with Crippen molar-refractivity contribution >= 4 is 35.9 Å². The second-order valence-corrected chi connectivity index (χ2v) is 12.4. The molecule has 2 N–H and O–H groups in total. The summed E-state index contributed by atoms with van der Waals surface area (Å²) < 4.78 is 21.8. The molecular formula is C35H46N2O8. The van der Waals surface area contributed by atoms with E-state index in [9.17, 15) is 19.2 Å². The van der Waals surface area contributed by atoms with Crippen molar-refractivity contribution in [3.05, 3.63) is 70.8 Å². The average Bonchev–Trinajstić information content (AvgIpc) is 2.91. The van der Waals surface area contributed by atoms with Gasteiger partial charge in [0.05, 0.1) is 19.5 Å². The summed E-state index contributed by atoms with van der Waals surface area (Å²) in [5.74, 6) is 0.705. The molecule has 0 aliphatic carbocycles. The van der Waals surface area contributed by atoms with Gasteiger partial charge in [0.25, 0.3) is 0 Å². The topological polar surface area (TPSA) is 129 Å². The van der Waals surface area contributed by atoms with Crippen molar-refractivity contribution < 1.29 is 38.1 Å². The lowest BCUT2D eigenvalue weighted by Gasteiger charge is -2.19. The molecule has 0 fully saturated rings. The van der Waals surface area contributed by atoms with Crippen LogP contribution in [0.4, 0.5) is 9.59 Å².